The summed E-state index contributed by atoms with van der Waals surface area (Å²) in [5, 5.41) is 0. The molecule has 1 aliphatic rings. The first-order chi connectivity index (χ1) is 12.5. The summed E-state index contributed by atoms with van der Waals surface area (Å²) in [4.78, 5) is 19.1. The van der Waals surface area contributed by atoms with Crippen LogP contribution in [0.2, 0.25) is 0 Å². The number of pyridine rings is 1. The Kier molecular flexibility index (Phi) is 5.84. The summed E-state index contributed by atoms with van der Waals surface area (Å²) in [5.74, 6) is 2.35. The lowest BCUT2D eigenvalue weighted by Gasteiger charge is -2.22. The lowest BCUT2D eigenvalue weighted by atomic mass is 9.90. The number of ether oxygens (including phenoxy) is 1. The predicted octanol–water partition coefficient (Wildman–Crippen LogP) is 4.47. The Morgan fingerprint density at radius 3 is 2.73 bits per heavy atom. The number of fused-ring (bicyclic) bond motifs is 1. The van der Waals surface area contributed by atoms with E-state index in [2.05, 4.69) is 6.92 Å². The van der Waals surface area contributed by atoms with Crippen LogP contribution in [0.25, 0.3) is 5.65 Å². The van der Waals surface area contributed by atoms with Crippen molar-refractivity contribution in [3.8, 4) is 5.75 Å². The van der Waals surface area contributed by atoms with Gasteiger partial charge in [0.05, 0.1) is 12.3 Å². The van der Waals surface area contributed by atoms with Gasteiger partial charge in [-0.25, -0.2) is 4.98 Å². The molecule has 142 valence electrons. The second-order valence-corrected chi connectivity index (χ2v) is 7.67. The van der Waals surface area contributed by atoms with Gasteiger partial charge in [0, 0.05) is 19.2 Å². The van der Waals surface area contributed by atoms with Gasteiger partial charge in [-0.05, 0) is 37.3 Å². The molecule has 26 heavy (non-hydrogen) atoms. The third kappa shape index (κ3) is 3.71. The van der Waals surface area contributed by atoms with Crippen LogP contribution in [-0.2, 0) is 11.2 Å². The molecule has 0 atom stereocenters. The van der Waals surface area contributed by atoms with Gasteiger partial charge in [-0.1, -0.05) is 40.0 Å². The molecule has 5 nitrogen and oxygen atoms in total. The van der Waals surface area contributed by atoms with E-state index in [9.17, 15) is 4.79 Å². The van der Waals surface area contributed by atoms with Crippen molar-refractivity contribution in [2.45, 2.75) is 59.3 Å². The summed E-state index contributed by atoms with van der Waals surface area (Å²) in [6.07, 6.45) is 9.24. The van der Waals surface area contributed by atoms with Crippen LogP contribution < -0.4 is 9.64 Å². The van der Waals surface area contributed by atoms with Gasteiger partial charge in [-0.2, -0.15) is 0 Å². The van der Waals surface area contributed by atoms with Gasteiger partial charge in [0.1, 0.15) is 5.82 Å². The zero-order valence-electron chi connectivity index (χ0n) is 16.5. The maximum Gasteiger partial charge on any atom is 0.230 e. The quantitative estimate of drug-likeness (QED) is 0.766. The van der Waals surface area contributed by atoms with Gasteiger partial charge in [-0.3, -0.25) is 14.1 Å². The topological polar surface area (TPSA) is 46.8 Å². The number of aryl methyl sites for hydroxylation is 1. The van der Waals surface area contributed by atoms with Gasteiger partial charge in [0.15, 0.2) is 11.4 Å². The van der Waals surface area contributed by atoms with Crippen LogP contribution in [0.5, 0.6) is 5.75 Å². The first-order valence-electron chi connectivity index (χ1n) is 9.93. The number of anilines is 1. The SMILES string of the molecule is CCc1nc2c(OCC3CCCCC3)cccn2c1N(C)C(=O)C(C)C. The van der Waals surface area contributed by atoms with Gasteiger partial charge < -0.3 is 4.74 Å². The molecule has 0 aliphatic heterocycles. The van der Waals surface area contributed by atoms with E-state index in [1.54, 1.807) is 4.90 Å². The molecule has 0 bridgehead atoms. The highest BCUT2D eigenvalue weighted by atomic mass is 16.5. The Morgan fingerprint density at radius 1 is 1.35 bits per heavy atom. The standard InChI is InChI=1S/C21H31N3O2/c1-5-17-20(23(4)21(25)15(2)3)24-13-9-12-18(19(24)22-17)26-14-16-10-7-6-8-11-16/h9,12-13,15-16H,5-8,10-11,14H2,1-4H3. The number of aromatic nitrogens is 2. The van der Waals surface area contributed by atoms with Crippen LogP contribution >= 0.6 is 0 Å². The van der Waals surface area contributed by atoms with Crippen LogP contribution in [0.3, 0.4) is 0 Å². The van der Waals surface area contributed by atoms with Crippen molar-refractivity contribution in [2.75, 3.05) is 18.6 Å². The first kappa shape index (κ1) is 18.7. The Hall–Kier alpha value is -2.04. The number of nitrogens with zero attached hydrogens (tertiary/aromatic N) is 3. The van der Waals surface area contributed by atoms with E-state index in [0.717, 1.165) is 35.9 Å². The van der Waals surface area contributed by atoms with E-state index in [1.165, 1.54) is 32.1 Å². The van der Waals surface area contributed by atoms with E-state index in [1.807, 2.05) is 43.6 Å². The lowest BCUT2D eigenvalue weighted by Crippen LogP contribution is -2.31. The molecule has 2 aromatic heterocycles. The molecule has 0 saturated heterocycles. The third-order valence-electron chi connectivity index (χ3n) is 5.33. The summed E-state index contributed by atoms with van der Waals surface area (Å²) in [6.45, 7) is 6.67. The van der Waals surface area contributed by atoms with Crippen LogP contribution in [0, 0.1) is 11.8 Å². The zero-order valence-corrected chi connectivity index (χ0v) is 16.5. The number of carbonyl (C=O) groups excluding carboxylic acids is 1. The number of carbonyl (C=O) groups is 1. The molecule has 1 aliphatic carbocycles. The monoisotopic (exact) mass is 357 g/mol. The van der Waals surface area contributed by atoms with Crippen molar-refractivity contribution in [3.05, 3.63) is 24.0 Å². The minimum absolute atomic E-state index is 0.0546. The molecular weight excluding hydrogens is 326 g/mol. The molecule has 1 fully saturated rings. The molecule has 0 unspecified atom stereocenters. The van der Waals surface area contributed by atoms with Crippen molar-refractivity contribution in [2.24, 2.45) is 11.8 Å². The Balaban J connectivity index is 1.91. The number of hydrogen-bond donors (Lipinski definition) is 0. The highest BCUT2D eigenvalue weighted by Crippen LogP contribution is 2.30. The van der Waals surface area contributed by atoms with E-state index in [0.29, 0.717) is 5.92 Å². The maximum atomic E-state index is 12.5. The highest BCUT2D eigenvalue weighted by Gasteiger charge is 2.23. The molecule has 0 radical (unpaired) electrons. The minimum atomic E-state index is -0.0546. The van der Waals surface area contributed by atoms with E-state index < -0.39 is 0 Å². The normalized spacial score (nSPS) is 15.6. The average Bonchev–Trinajstić information content (AvgIpc) is 3.05. The minimum Gasteiger partial charge on any atom is -0.489 e. The largest absolute Gasteiger partial charge is 0.489 e. The number of hydrogen-bond acceptors (Lipinski definition) is 3. The van der Waals surface area contributed by atoms with Crippen molar-refractivity contribution < 1.29 is 9.53 Å². The smallest absolute Gasteiger partial charge is 0.230 e. The second-order valence-electron chi connectivity index (χ2n) is 7.67. The zero-order chi connectivity index (χ0) is 18.7. The molecule has 2 aromatic rings. The Bertz CT molecular complexity index is 760. The van der Waals surface area contributed by atoms with Crippen LogP contribution in [0.15, 0.2) is 18.3 Å². The van der Waals surface area contributed by atoms with Crippen molar-refractivity contribution >= 4 is 17.4 Å². The molecule has 3 rings (SSSR count). The van der Waals surface area contributed by atoms with E-state index >= 15 is 0 Å². The molecule has 0 spiro atoms. The number of imidazole rings is 1. The van der Waals surface area contributed by atoms with Crippen molar-refractivity contribution in [3.63, 3.8) is 0 Å². The van der Waals surface area contributed by atoms with Gasteiger partial charge in [-0.15, -0.1) is 0 Å². The summed E-state index contributed by atoms with van der Waals surface area (Å²) in [6, 6.07) is 3.96. The fourth-order valence-electron chi connectivity index (χ4n) is 3.84. The molecule has 0 aromatic carbocycles. The molecule has 5 heteroatoms. The van der Waals surface area contributed by atoms with Crippen LogP contribution in [0.4, 0.5) is 5.82 Å². The van der Waals surface area contributed by atoms with Crippen molar-refractivity contribution in [1.29, 1.82) is 0 Å². The predicted molar refractivity (Wildman–Crippen MR) is 105 cm³/mol. The van der Waals surface area contributed by atoms with E-state index in [-0.39, 0.29) is 11.8 Å². The summed E-state index contributed by atoms with van der Waals surface area (Å²) in [5.41, 5.74) is 1.73. The summed E-state index contributed by atoms with van der Waals surface area (Å²) >= 11 is 0. The van der Waals surface area contributed by atoms with Crippen molar-refractivity contribution in [1.82, 2.24) is 9.38 Å². The maximum absolute atomic E-state index is 12.5. The fourth-order valence-corrected chi connectivity index (χ4v) is 3.84. The Labute approximate surface area is 156 Å². The highest BCUT2D eigenvalue weighted by molar-refractivity contribution is 5.94. The molecule has 2 heterocycles. The lowest BCUT2D eigenvalue weighted by molar-refractivity contribution is -0.121. The summed E-state index contributed by atoms with van der Waals surface area (Å²) in [7, 11) is 1.83. The number of rotatable bonds is 6. The van der Waals surface area contributed by atoms with Gasteiger partial charge in [0.2, 0.25) is 5.91 Å². The summed E-state index contributed by atoms with van der Waals surface area (Å²) < 4.78 is 8.17. The number of amides is 1. The fraction of sp³-hybridized carbons (Fsp3) is 0.619. The average molecular weight is 357 g/mol. The molecular formula is C21H31N3O2. The van der Waals surface area contributed by atoms with Gasteiger partial charge >= 0.3 is 0 Å². The van der Waals surface area contributed by atoms with Crippen LogP contribution in [-0.4, -0.2) is 28.9 Å². The third-order valence-corrected chi connectivity index (χ3v) is 5.33. The Morgan fingerprint density at radius 2 is 2.08 bits per heavy atom. The molecule has 1 amide bonds. The second kappa shape index (κ2) is 8.11. The first-order valence-corrected chi connectivity index (χ1v) is 9.93. The van der Waals surface area contributed by atoms with E-state index in [4.69, 9.17) is 9.72 Å². The molecule has 0 N–H and O–H groups in total. The molecule has 1 saturated carbocycles. The van der Waals surface area contributed by atoms with Gasteiger partial charge in [0.25, 0.3) is 0 Å². The van der Waals surface area contributed by atoms with Crippen LogP contribution in [0.1, 0.15) is 58.6 Å².